The van der Waals surface area contributed by atoms with Crippen molar-refractivity contribution in [2.75, 3.05) is 5.33 Å². The molecule has 0 aliphatic carbocycles. The van der Waals surface area contributed by atoms with Gasteiger partial charge in [-0.1, -0.05) is 15.9 Å². The highest BCUT2D eigenvalue weighted by atomic mass is 79.9. The lowest BCUT2D eigenvalue weighted by molar-refractivity contribution is 0.101. The van der Waals surface area contributed by atoms with Crippen molar-refractivity contribution in [1.82, 2.24) is 4.98 Å². The maximum Gasteiger partial charge on any atom is 0.191 e. The fourth-order valence-corrected chi connectivity index (χ4v) is 1.04. The monoisotopic (exact) mass is 213 g/mol. The number of Topliss-reactive ketones (excluding diaryl/α,β-unsaturated/α-hetero) is 1. The summed E-state index contributed by atoms with van der Waals surface area (Å²) in [5, 5.41) is 0.337. The van der Waals surface area contributed by atoms with Crippen LogP contribution in [0.2, 0.25) is 0 Å². The fraction of sp³-hybridized carbons (Fsp3) is 0.250. The number of hydrogen-bond acceptors (Lipinski definition) is 2. The standard InChI is InChI=1S/C8H8BrNO/c1-6-2-3-10-7(4-6)8(11)5-9/h2-4H,5H2,1H3. The minimum Gasteiger partial charge on any atom is -0.291 e. The van der Waals surface area contributed by atoms with Gasteiger partial charge in [0, 0.05) is 6.20 Å². The van der Waals surface area contributed by atoms with E-state index in [0.29, 0.717) is 11.0 Å². The van der Waals surface area contributed by atoms with E-state index in [-0.39, 0.29) is 5.78 Å². The SMILES string of the molecule is Cc1ccnc(C(=O)CBr)c1. The predicted molar refractivity (Wildman–Crippen MR) is 47.1 cm³/mol. The van der Waals surface area contributed by atoms with Crippen LogP contribution in [0.25, 0.3) is 0 Å². The third kappa shape index (κ3) is 2.12. The molecule has 0 radical (unpaired) electrons. The number of hydrogen-bond donors (Lipinski definition) is 0. The second kappa shape index (κ2) is 3.62. The van der Waals surface area contributed by atoms with E-state index in [2.05, 4.69) is 20.9 Å². The fourth-order valence-electron chi connectivity index (χ4n) is 0.757. The zero-order valence-electron chi connectivity index (χ0n) is 6.17. The molecule has 2 nitrogen and oxygen atoms in total. The summed E-state index contributed by atoms with van der Waals surface area (Å²) in [6.45, 7) is 1.94. The average molecular weight is 214 g/mol. The molecule has 0 atom stereocenters. The van der Waals surface area contributed by atoms with Crippen LogP contribution in [0.5, 0.6) is 0 Å². The Morgan fingerprint density at radius 1 is 1.73 bits per heavy atom. The molecule has 0 saturated heterocycles. The first-order valence-corrected chi connectivity index (χ1v) is 4.38. The molecule has 0 fully saturated rings. The largest absolute Gasteiger partial charge is 0.291 e. The molecule has 1 aromatic rings. The van der Waals surface area contributed by atoms with Gasteiger partial charge in [0.15, 0.2) is 5.78 Å². The van der Waals surface area contributed by atoms with Gasteiger partial charge in [0.2, 0.25) is 0 Å². The van der Waals surface area contributed by atoms with Crippen LogP contribution in [0.15, 0.2) is 18.3 Å². The van der Waals surface area contributed by atoms with E-state index in [0.717, 1.165) is 5.56 Å². The summed E-state index contributed by atoms with van der Waals surface area (Å²) in [6.07, 6.45) is 1.64. The van der Waals surface area contributed by atoms with E-state index in [1.807, 2.05) is 13.0 Å². The van der Waals surface area contributed by atoms with Gasteiger partial charge in [0.1, 0.15) is 5.69 Å². The molecule has 1 heterocycles. The highest BCUT2D eigenvalue weighted by Gasteiger charge is 2.03. The first kappa shape index (κ1) is 8.40. The Morgan fingerprint density at radius 3 is 3.00 bits per heavy atom. The lowest BCUT2D eigenvalue weighted by atomic mass is 10.2. The molecule has 1 rings (SSSR count). The minimum atomic E-state index is 0.0219. The van der Waals surface area contributed by atoms with Gasteiger partial charge in [-0.3, -0.25) is 9.78 Å². The number of aryl methyl sites for hydroxylation is 1. The van der Waals surface area contributed by atoms with Gasteiger partial charge < -0.3 is 0 Å². The van der Waals surface area contributed by atoms with E-state index in [1.54, 1.807) is 12.3 Å². The Kier molecular flexibility index (Phi) is 2.76. The molecule has 0 unspecified atom stereocenters. The number of halogens is 1. The lowest BCUT2D eigenvalue weighted by Crippen LogP contribution is -2.02. The molecule has 1 aromatic heterocycles. The Hall–Kier alpha value is -0.700. The van der Waals surface area contributed by atoms with Gasteiger partial charge in [-0.25, -0.2) is 0 Å². The lowest BCUT2D eigenvalue weighted by Gasteiger charge is -1.95. The zero-order chi connectivity index (χ0) is 8.27. The van der Waals surface area contributed by atoms with Crippen molar-refractivity contribution in [2.45, 2.75) is 6.92 Å². The number of nitrogens with zero attached hydrogens (tertiary/aromatic N) is 1. The van der Waals surface area contributed by atoms with Crippen molar-refractivity contribution in [2.24, 2.45) is 0 Å². The normalized spacial score (nSPS) is 9.64. The van der Waals surface area contributed by atoms with Crippen LogP contribution in [0.3, 0.4) is 0 Å². The van der Waals surface area contributed by atoms with Crippen molar-refractivity contribution < 1.29 is 4.79 Å². The van der Waals surface area contributed by atoms with Crippen molar-refractivity contribution >= 4 is 21.7 Å². The second-order valence-corrected chi connectivity index (χ2v) is 2.84. The molecule has 0 N–H and O–H groups in total. The van der Waals surface area contributed by atoms with Crippen molar-refractivity contribution in [3.05, 3.63) is 29.6 Å². The summed E-state index contributed by atoms with van der Waals surface area (Å²) in [5.41, 5.74) is 1.59. The van der Waals surface area contributed by atoms with E-state index < -0.39 is 0 Å². The maximum absolute atomic E-state index is 11.1. The van der Waals surface area contributed by atoms with E-state index in [1.165, 1.54) is 0 Å². The number of pyridine rings is 1. The molecule has 0 bridgehead atoms. The molecule has 0 aromatic carbocycles. The first-order valence-electron chi connectivity index (χ1n) is 3.26. The van der Waals surface area contributed by atoms with Crippen molar-refractivity contribution in [1.29, 1.82) is 0 Å². The van der Waals surface area contributed by atoms with E-state index in [9.17, 15) is 4.79 Å². The smallest absolute Gasteiger partial charge is 0.191 e. The van der Waals surface area contributed by atoms with Crippen LogP contribution in [0.4, 0.5) is 0 Å². The number of carbonyl (C=O) groups is 1. The summed E-state index contributed by atoms with van der Waals surface area (Å²) in [4.78, 5) is 15.0. The molecular weight excluding hydrogens is 206 g/mol. The molecule has 58 valence electrons. The molecule has 0 saturated carbocycles. The van der Waals surface area contributed by atoms with Crippen LogP contribution in [-0.2, 0) is 0 Å². The van der Waals surface area contributed by atoms with Crippen LogP contribution in [-0.4, -0.2) is 16.1 Å². The van der Waals surface area contributed by atoms with Gasteiger partial charge in [-0.2, -0.15) is 0 Å². The average Bonchev–Trinajstić information content (AvgIpc) is 2.03. The molecule has 11 heavy (non-hydrogen) atoms. The second-order valence-electron chi connectivity index (χ2n) is 2.28. The Bertz CT molecular complexity index is 273. The number of alkyl halides is 1. The molecule has 0 spiro atoms. The molecular formula is C8H8BrNO. The van der Waals surface area contributed by atoms with Crippen molar-refractivity contribution in [3.63, 3.8) is 0 Å². The number of rotatable bonds is 2. The Morgan fingerprint density at radius 2 is 2.45 bits per heavy atom. The Labute approximate surface area is 73.8 Å². The predicted octanol–water partition coefficient (Wildman–Crippen LogP) is 1.97. The number of aromatic nitrogens is 1. The van der Waals surface area contributed by atoms with Gasteiger partial charge in [0.05, 0.1) is 5.33 Å². The van der Waals surface area contributed by atoms with Crippen LogP contribution in [0.1, 0.15) is 16.1 Å². The van der Waals surface area contributed by atoms with Crippen molar-refractivity contribution in [3.8, 4) is 0 Å². The maximum atomic E-state index is 11.1. The summed E-state index contributed by atoms with van der Waals surface area (Å²) >= 11 is 3.09. The minimum absolute atomic E-state index is 0.0219. The van der Waals surface area contributed by atoms with Crippen LogP contribution < -0.4 is 0 Å². The first-order chi connectivity index (χ1) is 5.24. The number of carbonyl (C=O) groups excluding carboxylic acids is 1. The topological polar surface area (TPSA) is 30.0 Å². The number of ketones is 1. The molecule has 0 aliphatic rings. The highest BCUT2D eigenvalue weighted by Crippen LogP contribution is 2.02. The van der Waals surface area contributed by atoms with Crippen LogP contribution >= 0.6 is 15.9 Å². The highest BCUT2D eigenvalue weighted by molar-refractivity contribution is 9.09. The van der Waals surface area contributed by atoms with E-state index >= 15 is 0 Å². The molecule has 0 aliphatic heterocycles. The van der Waals surface area contributed by atoms with Gasteiger partial charge in [-0.05, 0) is 24.6 Å². The van der Waals surface area contributed by atoms with Gasteiger partial charge in [0.25, 0.3) is 0 Å². The third-order valence-corrected chi connectivity index (χ3v) is 1.83. The quantitative estimate of drug-likeness (QED) is 0.556. The van der Waals surface area contributed by atoms with Crippen LogP contribution in [0, 0.1) is 6.92 Å². The molecule has 3 heteroatoms. The Balaban J connectivity index is 2.96. The van der Waals surface area contributed by atoms with E-state index in [4.69, 9.17) is 0 Å². The van der Waals surface area contributed by atoms with Gasteiger partial charge >= 0.3 is 0 Å². The molecule has 0 amide bonds. The summed E-state index contributed by atoms with van der Waals surface area (Å²) < 4.78 is 0. The third-order valence-electron chi connectivity index (χ3n) is 1.32. The summed E-state index contributed by atoms with van der Waals surface area (Å²) in [6, 6.07) is 3.65. The summed E-state index contributed by atoms with van der Waals surface area (Å²) in [7, 11) is 0. The van der Waals surface area contributed by atoms with Gasteiger partial charge in [-0.15, -0.1) is 0 Å². The zero-order valence-corrected chi connectivity index (χ0v) is 7.76. The summed E-state index contributed by atoms with van der Waals surface area (Å²) in [5.74, 6) is 0.0219.